The van der Waals surface area contributed by atoms with Crippen molar-refractivity contribution < 1.29 is 27.5 Å². The van der Waals surface area contributed by atoms with Crippen molar-refractivity contribution in [3.63, 3.8) is 0 Å². The summed E-state index contributed by atoms with van der Waals surface area (Å²) in [5, 5.41) is 0.382. The molecule has 0 spiro atoms. The zero-order chi connectivity index (χ0) is 19.2. The number of carbonyl (C=O) groups excluding carboxylic acids is 2. The minimum Gasteiger partial charge on any atom is -0.367 e. The van der Waals surface area contributed by atoms with E-state index in [1.807, 2.05) is 0 Å². The van der Waals surface area contributed by atoms with Crippen molar-refractivity contribution in [2.45, 2.75) is 12.8 Å². The van der Waals surface area contributed by atoms with Crippen LogP contribution in [-0.4, -0.2) is 24.6 Å². The Balaban J connectivity index is 1.85. The summed E-state index contributed by atoms with van der Waals surface area (Å²) in [6, 6.07) is 11.9. The fourth-order valence-corrected chi connectivity index (χ4v) is 2.11. The Kier molecular flexibility index (Phi) is 6.59. The van der Waals surface area contributed by atoms with Crippen molar-refractivity contribution in [3.05, 3.63) is 70.2 Å². The predicted octanol–water partition coefficient (Wildman–Crippen LogP) is 3.49. The second kappa shape index (κ2) is 8.68. The molecule has 0 unspecified atom stereocenters. The maximum atomic E-state index is 12.0. The highest BCUT2D eigenvalue weighted by Gasteiger charge is 2.27. The van der Waals surface area contributed by atoms with Crippen molar-refractivity contribution >= 4 is 23.4 Å². The van der Waals surface area contributed by atoms with Crippen LogP contribution in [-0.2, 0) is 11.3 Å². The lowest BCUT2D eigenvalue weighted by atomic mass is 10.1. The van der Waals surface area contributed by atoms with E-state index in [0.717, 1.165) is 0 Å². The molecule has 0 saturated carbocycles. The van der Waals surface area contributed by atoms with Gasteiger partial charge in [0.05, 0.1) is 6.61 Å². The fraction of sp³-hybridized carbons (Fsp3) is 0.176. The standard InChI is InChI=1S/C17H14ClF3N2O3/c18-14-3-1-2-13(8-14)16(25)23-22-15(24)12-6-4-11(5-7-12)9-26-10-17(19,20)21/h1-8H,9-10H2,(H,22,24)(H,23,25). The summed E-state index contributed by atoms with van der Waals surface area (Å²) in [4.78, 5) is 23.9. The number of nitrogens with one attached hydrogen (secondary N) is 2. The molecule has 2 aromatic carbocycles. The van der Waals surface area contributed by atoms with Crippen LogP contribution in [0, 0.1) is 0 Å². The normalized spacial score (nSPS) is 11.1. The first-order valence-corrected chi connectivity index (χ1v) is 7.72. The maximum Gasteiger partial charge on any atom is 0.411 e. The predicted molar refractivity (Wildman–Crippen MR) is 88.5 cm³/mol. The molecule has 9 heteroatoms. The lowest BCUT2D eigenvalue weighted by Gasteiger charge is -2.09. The van der Waals surface area contributed by atoms with Crippen molar-refractivity contribution in [3.8, 4) is 0 Å². The van der Waals surface area contributed by atoms with Gasteiger partial charge in [-0.3, -0.25) is 20.4 Å². The van der Waals surface area contributed by atoms with Gasteiger partial charge in [-0.25, -0.2) is 0 Å². The molecule has 0 heterocycles. The summed E-state index contributed by atoms with van der Waals surface area (Å²) in [6.07, 6.45) is -4.39. The van der Waals surface area contributed by atoms with Gasteiger partial charge < -0.3 is 4.74 Å². The molecule has 0 saturated heterocycles. The van der Waals surface area contributed by atoms with Crippen molar-refractivity contribution in [1.82, 2.24) is 10.9 Å². The Labute approximate surface area is 152 Å². The van der Waals surface area contributed by atoms with E-state index in [1.54, 1.807) is 12.1 Å². The lowest BCUT2D eigenvalue weighted by Crippen LogP contribution is -2.41. The molecule has 0 aliphatic heterocycles. The number of amides is 2. The number of ether oxygens (including phenoxy) is 1. The largest absolute Gasteiger partial charge is 0.411 e. The molecule has 0 aliphatic rings. The molecule has 2 aromatic rings. The van der Waals surface area contributed by atoms with E-state index in [0.29, 0.717) is 10.6 Å². The first-order valence-electron chi connectivity index (χ1n) is 7.34. The number of alkyl halides is 3. The molecule has 0 aliphatic carbocycles. The van der Waals surface area contributed by atoms with Crippen LogP contribution in [0.5, 0.6) is 0 Å². The van der Waals surface area contributed by atoms with Gasteiger partial charge in [-0.2, -0.15) is 13.2 Å². The van der Waals surface area contributed by atoms with Gasteiger partial charge in [-0.05, 0) is 35.9 Å². The third kappa shape index (κ3) is 6.38. The van der Waals surface area contributed by atoms with Gasteiger partial charge in [0, 0.05) is 16.1 Å². The molecule has 0 bridgehead atoms. The Hall–Kier alpha value is -2.58. The van der Waals surface area contributed by atoms with Crippen molar-refractivity contribution in [2.75, 3.05) is 6.61 Å². The molecule has 2 N–H and O–H groups in total. The molecular weight excluding hydrogens is 373 g/mol. The van der Waals surface area contributed by atoms with Gasteiger partial charge in [0.25, 0.3) is 11.8 Å². The quantitative estimate of drug-likeness (QED) is 0.773. The molecular formula is C17H14ClF3N2O3. The smallest absolute Gasteiger partial charge is 0.367 e. The van der Waals surface area contributed by atoms with Crippen LogP contribution in [0.2, 0.25) is 5.02 Å². The first kappa shape index (κ1) is 19.7. The minimum atomic E-state index is -4.39. The summed E-state index contributed by atoms with van der Waals surface area (Å²) in [5.41, 5.74) is 5.45. The van der Waals surface area contributed by atoms with Crippen LogP contribution in [0.15, 0.2) is 48.5 Å². The topological polar surface area (TPSA) is 67.4 Å². The van der Waals surface area contributed by atoms with E-state index in [-0.39, 0.29) is 17.7 Å². The second-order valence-electron chi connectivity index (χ2n) is 5.22. The van der Waals surface area contributed by atoms with E-state index in [4.69, 9.17) is 11.6 Å². The zero-order valence-corrected chi connectivity index (χ0v) is 14.0. The summed E-state index contributed by atoms with van der Waals surface area (Å²) in [5.74, 6) is -1.12. The highest BCUT2D eigenvalue weighted by Crippen LogP contribution is 2.16. The van der Waals surface area contributed by atoms with E-state index in [1.165, 1.54) is 36.4 Å². The zero-order valence-electron chi connectivity index (χ0n) is 13.3. The van der Waals surface area contributed by atoms with Gasteiger partial charge in [-0.15, -0.1) is 0 Å². The summed E-state index contributed by atoms with van der Waals surface area (Å²) in [6.45, 7) is -1.57. The van der Waals surface area contributed by atoms with Crippen LogP contribution in [0.3, 0.4) is 0 Å². The number of hydrazine groups is 1. The molecule has 138 valence electrons. The van der Waals surface area contributed by atoms with Crippen LogP contribution in [0.4, 0.5) is 13.2 Å². The Morgan fingerprint density at radius 3 is 2.15 bits per heavy atom. The molecule has 0 fully saturated rings. The van der Waals surface area contributed by atoms with Gasteiger partial charge in [0.2, 0.25) is 0 Å². The number of hydrogen-bond acceptors (Lipinski definition) is 3. The number of rotatable bonds is 5. The molecule has 0 atom stereocenters. The van der Waals surface area contributed by atoms with E-state index >= 15 is 0 Å². The molecule has 0 radical (unpaired) electrons. The number of halogens is 4. The van der Waals surface area contributed by atoms with E-state index < -0.39 is 24.6 Å². The van der Waals surface area contributed by atoms with Gasteiger partial charge >= 0.3 is 6.18 Å². The SMILES string of the molecule is O=C(NNC(=O)c1cccc(Cl)c1)c1ccc(COCC(F)(F)F)cc1. The average molecular weight is 387 g/mol. The van der Waals surface area contributed by atoms with Crippen LogP contribution in [0.25, 0.3) is 0 Å². The van der Waals surface area contributed by atoms with Crippen LogP contribution < -0.4 is 10.9 Å². The van der Waals surface area contributed by atoms with Crippen LogP contribution >= 0.6 is 11.6 Å². The summed E-state index contributed by atoms with van der Waals surface area (Å²) in [7, 11) is 0. The summed E-state index contributed by atoms with van der Waals surface area (Å²) >= 11 is 5.78. The van der Waals surface area contributed by atoms with E-state index in [2.05, 4.69) is 15.6 Å². The highest BCUT2D eigenvalue weighted by molar-refractivity contribution is 6.30. The fourth-order valence-electron chi connectivity index (χ4n) is 1.92. The van der Waals surface area contributed by atoms with Crippen LogP contribution in [0.1, 0.15) is 26.3 Å². The monoisotopic (exact) mass is 386 g/mol. The minimum absolute atomic E-state index is 0.218. The first-order chi connectivity index (χ1) is 12.2. The lowest BCUT2D eigenvalue weighted by molar-refractivity contribution is -0.176. The van der Waals surface area contributed by atoms with Crippen molar-refractivity contribution in [1.29, 1.82) is 0 Å². The molecule has 0 aromatic heterocycles. The molecule has 5 nitrogen and oxygen atoms in total. The highest BCUT2D eigenvalue weighted by atomic mass is 35.5. The Bertz CT molecular complexity index is 780. The van der Waals surface area contributed by atoms with Crippen molar-refractivity contribution in [2.24, 2.45) is 0 Å². The number of hydrogen-bond donors (Lipinski definition) is 2. The second-order valence-corrected chi connectivity index (χ2v) is 5.66. The number of carbonyl (C=O) groups is 2. The maximum absolute atomic E-state index is 12.0. The van der Waals surface area contributed by atoms with Gasteiger partial charge in [0.1, 0.15) is 6.61 Å². The average Bonchev–Trinajstić information content (AvgIpc) is 2.59. The third-order valence-electron chi connectivity index (χ3n) is 3.13. The Morgan fingerprint density at radius 2 is 1.58 bits per heavy atom. The number of benzene rings is 2. The van der Waals surface area contributed by atoms with Gasteiger partial charge in [0.15, 0.2) is 0 Å². The molecule has 26 heavy (non-hydrogen) atoms. The van der Waals surface area contributed by atoms with Gasteiger partial charge in [-0.1, -0.05) is 29.8 Å². The Morgan fingerprint density at radius 1 is 0.962 bits per heavy atom. The summed E-state index contributed by atoms with van der Waals surface area (Å²) < 4.78 is 40.5. The van der Waals surface area contributed by atoms with E-state index in [9.17, 15) is 22.8 Å². The molecule has 2 rings (SSSR count). The third-order valence-corrected chi connectivity index (χ3v) is 3.36. The molecule has 2 amide bonds.